The Bertz CT molecular complexity index is 603. The van der Waals surface area contributed by atoms with Gasteiger partial charge in [-0.1, -0.05) is 6.92 Å². The summed E-state index contributed by atoms with van der Waals surface area (Å²) in [5, 5.41) is 6.55. The standard InChI is InChI=1S/C17H20N2O2/c1-11-7-15(13-3-5-14(21-2)6-4-13)18-19(16(11)20)17-8-12(9-17)10-17/h3-6,11-12H,7-10H2,1-2H3. The minimum atomic E-state index is 0.0219. The van der Waals surface area contributed by atoms with Gasteiger partial charge in [-0.25, -0.2) is 5.01 Å². The summed E-state index contributed by atoms with van der Waals surface area (Å²) in [4.78, 5) is 12.5. The zero-order valence-corrected chi connectivity index (χ0v) is 12.5. The van der Waals surface area contributed by atoms with Crippen LogP contribution in [-0.4, -0.2) is 29.3 Å². The molecule has 3 saturated carbocycles. The first kappa shape index (κ1) is 12.9. The molecule has 0 saturated heterocycles. The molecule has 4 nitrogen and oxygen atoms in total. The number of hydrogen-bond donors (Lipinski definition) is 0. The van der Waals surface area contributed by atoms with Crippen molar-refractivity contribution in [3.8, 4) is 5.75 Å². The van der Waals surface area contributed by atoms with Gasteiger partial charge in [0, 0.05) is 12.3 Å². The highest BCUT2D eigenvalue weighted by molar-refractivity contribution is 6.05. The van der Waals surface area contributed by atoms with Gasteiger partial charge in [0.25, 0.3) is 0 Å². The zero-order chi connectivity index (χ0) is 14.6. The third-order valence-electron chi connectivity index (χ3n) is 5.23. The lowest BCUT2D eigenvalue weighted by atomic mass is 9.49. The molecule has 1 aromatic rings. The van der Waals surface area contributed by atoms with Crippen LogP contribution in [-0.2, 0) is 4.79 Å². The number of benzene rings is 1. The highest BCUT2D eigenvalue weighted by atomic mass is 16.5. The van der Waals surface area contributed by atoms with E-state index >= 15 is 0 Å². The molecule has 0 radical (unpaired) electrons. The van der Waals surface area contributed by atoms with E-state index in [9.17, 15) is 4.79 Å². The molecule has 1 atom stereocenters. The minimum Gasteiger partial charge on any atom is -0.497 e. The second kappa shape index (κ2) is 4.33. The van der Waals surface area contributed by atoms with Crippen molar-refractivity contribution >= 4 is 11.6 Å². The van der Waals surface area contributed by atoms with Crippen molar-refractivity contribution in [1.82, 2.24) is 5.01 Å². The van der Waals surface area contributed by atoms with Crippen molar-refractivity contribution in [3.05, 3.63) is 29.8 Å². The van der Waals surface area contributed by atoms with Crippen molar-refractivity contribution in [3.63, 3.8) is 0 Å². The Hall–Kier alpha value is -1.84. The second-order valence-electron chi connectivity index (χ2n) is 6.73. The van der Waals surface area contributed by atoms with Crippen molar-refractivity contribution in [2.45, 2.75) is 38.1 Å². The Labute approximate surface area is 124 Å². The maximum absolute atomic E-state index is 12.5. The quantitative estimate of drug-likeness (QED) is 0.856. The summed E-state index contributed by atoms with van der Waals surface area (Å²) in [6.07, 6.45) is 4.15. The molecule has 21 heavy (non-hydrogen) atoms. The number of amides is 1. The monoisotopic (exact) mass is 284 g/mol. The number of hydrazone groups is 1. The number of rotatable bonds is 3. The van der Waals surface area contributed by atoms with E-state index in [1.165, 1.54) is 0 Å². The lowest BCUT2D eigenvalue weighted by Crippen LogP contribution is -2.69. The van der Waals surface area contributed by atoms with Crippen LogP contribution in [0.2, 0.25) is 0 Å². The summed E-state index contributed by atoms with van der Waals surface area (Å²) in [5.74, 6) is 1.91. The van der Waals surface area contributed by atoms with Crippen LogP contribution in [0, 0.1) is 11.8 Å². The van der Waals surface area contributed by atoms with Crippen LogP contribution >= 0.6 is 0 Å². The third-order valence-corrected chi connectivity index (χ3v) is 5.23. The second-order valence-corrected chi connectivity index (χ2v) is 6.73. The highest BCUT2D eigenvalue weighted by Crippen LogP contribution is 2.61. The fraction of sp³-hybridized carbons (Fsp3) is 0.529. The number of carbonyl (C=O) groups excluding carboxylic acids is 1. The fourth-order valence-corrected chi connectivity index (χ4v) is 3.79. The fourth-order valence-electron chi connectivity index (χ4n) is 3.79. The first-order valence-corrected chi connectivity index (χ1v) is 7.67. The molecule has 0 N–H and O–H groups in total. The largest absolute Gasteiger partial charge is 0.497 e. The van der Waals surface area contributed by atoms with E-state index in [1.54, 1.807) is 7.11 Å². The SMILES string of the molecule is COc1ccc(C2=NN(C34CC(C3)C4)C(=O)C(C)C2)cc1. The van der Waals surface area contributed by atoms with Crippen LogP contribution in [0.25, 0.3) is 0 Å². The van der Waals surface area contributed by atoms with Gasteiger partial charge >= 0.3 is 0 Å². The summed E-state index contributed by atoms with van der Waals surface area (Å²) in [6.45, 7) is 2.01. The molecule has 4 heteroatoms. The van der Waals surface area contributed by atoms with Crippen molar-refractivity contribution in [1.29, 1.82) is 0 Å². The maximum Gasteiger partial charge on any atom is 0.246 e. The van der Waals surface area contributed by atoms with Crippen LogP contribution < -0.4 is 4.74 Å². The Morgan fingerprint density at radius 1 is 1.24 bits per heavy atom. The molecular weight excluding hydrogens is 264 g/mol. The van der Waals surface area contributed by atoms with E-state index in [-0.39, 0.29) is 17.4 Å². The van der Waals surface area contributed by atoms with Gasteiger partial charge in [-0.3, -0.25) is 4.79 Å². The average molecular weight is 284 g/mol. The molecular formula is C17H20N2O2. The molecule has 1 aromatic carbocycles. The zero-order valence-electron chi connectivity index (χ0n) is 12.5. The topological polar surface area (TPSA) is 41.9 Å². The van der Waals surface area contributed by atoms with Crippen LogP contribution in [0.1, 0.15) is 38.2 Å². The molecule has 4 aliphatic rings. The van der Waals surface area contributed by atoms with Crippen LogP contribution in [0.5, 0.6) is 5.75 Å². The molecule has 0 spiro atoms. The Morgan fingerprint density at radius 3 is 2.43 bits per heavy atom. The third kappa shape index (κ3) is 1.81. The summed E-state index contributed by atoms with van der Waals surface area (Å²) >= 11 is 0. The first-order valence-electron chi connectivity index (χ1n) is 7.67. The molecule has 2 bridgehead atoms. The molecule has 5 rings (SSSR count). The Balaban J connectivity index is 1.66. The van der Waals surface area contributed by atoms with E-state index in [0.29, 0.717) is 0 Å². The van der Waals surface area contributed by atoms with Gasteiger partial charge in [-0.2, -0.15) is 5.10 Å². The number of nitrogens with zero attached hydrogens (tertiary/aromatic N) is 2. The first-order chi connectivity index (χ1) is 10.1. The van der Waals surface area contributed by atoms with E-state index < -0.39 is 0 Å². The Kier molecular flexibility index (Phi) is 2.65. The molecule has 3 fully saturated rings. The number of methoxy groups -OCH3 is 1. The van der Waals surface area contributed by atoms with Gasteiger partial charge in [-0.05, 0) is 55.0 Å². The molecule has 1 unspecified atom stereocenters. The van der Waals surface area contributed by atoms with Gasteiger partial charge in [0.1, 0.15) is 5.75 Å². The summed E-state index contributed by atoms with van der Waals surface area (Å²) in [5.41, 5.74) is 2.18. The van der Waals surface area contributed by atoms with Gasteiger partial charge in [0.05, 0.1) is 18.4 Å². The van der Waals surface area contributed by atoms with Crippen LogP contribution in [0.4, 0.5) is 0 Å². The molecule has 0 aromatic heterocycles. The lowest BCUT2D eigenvalue weighted by Gasteiger charge is -2.65. The number of ether oxygens (including phenoxy) is 1. The van der Waals surface area contributed by atoms with Gasteiger partial charge in [0.2, 0.25) is 5.91 Å². The molecule has 1 amide bonds. The van der Waals surface area contributed by atoms with Gasteiger partial charge in [-0.15, -0.1) is 0 Å². The van der Waals surface area contributed by atoms with E-state index in [2.05, 4.69) is 0 Å². The normalized spacial score (nSPS) is 33.9. The van der Waals surface area contributed by atoms with Gasteiger partial charge < -0.3 is 4.74 Å². The van der Waals surface area contributed by atoms with Crippen LogP contribution in [0.15, 0.2) is 29.4 Å². The van der Waals surface area contributed by atoms with Gasteiger partial charge in [0.15, 0.2) is 0 Å². The summed E-state index contributed by atoms with van der Waals surface area (Å²) in [6, 6.07) is 7.95. The van der Waals surface area contributed by atoms with E-state index in [4.69, 9.17) is 9.84 Å². The predicted octanol–water partition coefficient (Wildman–Crippen LogP) is 2.82. The van der Waals surface area contributed by atoms with Crippen molar-refractivity contribution < 1.29 is 9.53 Å². The van der Waals surface area contributed by atoms with Crippen LogP contribution in [0.3, 0.4) is 0 Å². The predicted molar refractivity (Wildman–Crippen MR) is 80.2 cm³/mol. The molecule has 1 aliphatic heterocycles. The lowest BCUT2D eigenvalue weighted by molar-refractivity contribution is -0.176. The number of carbonyl (C=O) groups is 1. The molecule has 1 heterocycles. The van der Waals surface area contributed by atoms with Crippen molar-refractivity contribution in [2.24, 2.45) is 16.9 Å². The molecule has 110 valence electrons. The average Bonchev–Trinajstić information content (AvgIpc) is 2.40. The maximum atomic E-state index is 12.5. The summed E-state index contributed by atoms with van der Waals surface area (Å²) < 4.78 is 5.20. The summed E-state index contributed by atoms with van der Waals surface area (Å²) in [7, 11) is 1.67. The van der Waals surface area contributed by atoms with E-state index in [0.717, 1.165) is 48.6 Å². The highest BCUT2D eigenvalue weighted by Gasteiger charge is 2.62. The Morgan fingerprint density at radius 2 is 1.90 bits per heavy atom. The minimum absolute atomic E-state index is 0.0219. The smallest absolute Gasteiger partial charge is 0.246 e. The molecule has 3 aliphatic carbocycles. The van der Waals surface area contributed by atoms with E-state index in [1.807, 2.05) is 36.2 Å². The number of hydrogen-bond acceptors (Lipinski definition) is 3. The van der Waals surface area contributed by atoms with Crippen molar-refractivity contribution in [2.75, 3.05) is 7.11 Å².